The fourth-order valence-corrected chi connectivity index (χ4v) is 5.77. The van der Waals surface area contributed by atoms with Crippen LogP contribution in [0.4, 0.5) is 9.18 Å². The Labute approximate surface area is 257 Å². The number of hydrogen-bond acceptors (Lipinski definition) is 6. The molecule has 9 nitrogen and oxygen atoms in total. The number of rotatable bonds is 9. The summed E-state index contributed by atoms with van der Waals surface area (Å²) in [7, 11) is 6.98. The van der Waals surface area contributed by atoms with Gasteiger partial charge in [0, 0.05) is 25.0 Å². The second-order valence-electron chi connectivity index (χ2n) is 11.3. The molecule has 5 rings (SSSR count). The summed E-state index contributed by atoms with van der Waals surface area (Å²) >= 11 is 0. The summed E-state index contributed by atoms with van der Waals surface area (Å²) in [6.07, 6.45) is 5.10. The Bertz CT molecular complexity index is 1590. The normalized spacial score (nSPS) is 16.2. The molecule has 0 radical (unpaired) electrons. The van der Waals surface area contributed by atoms with Crippen LogP contribution in [0.5, 0.6) is 17.2 Å². The average Bonchev–Trinajstić information content (AvgIpc) is 3.53. The van der Waals surface area contributed by atoms with E-state index in [4.69, 9.17) is 14.2 Å². The van der Waals surface area contributed by atoms with Crippen molar-refractivity contribution >= 4 is 29.2 Å². The minimum absolute atomic E-state index is 0.0381. The van der Waals surface area contributed by atoms with Gasteiger partial charge < -0.3 is 34.3 Å². The molecular weight excluding hydrogens is 563 g/mol. The number of benzene rings is 2. The van der Waals surface area contributed by atoms with E-state index in [1.165, 1.54) is 26.4 Å². The predicted molar refractivity (Wildman–Crippen MR) is 168 cm³/mol. The molecule has 2 aliphatic rings. The second-order valence-corrected chi connectivity index (χ2v) is 11.3. The first-order valence-electron chi connectivity index (χ1n) is 14.7. The summed E-state index contributed by atoms with van der Waals surface area (Å²) < 4.78 is 33.3. The third-order valence-electron chi connectivity index (χ3n) is 8.34. The van der Waals surface area contributed by atoms with Crippen molar-refractivity contribution in [3.8, 4) is 17.2 Å². The van der Waals surface area contributed by atoms with Crippen LogP contribution in [0.1, 0.15) is 48.6 Å². The second kappa shape index (κ2) is 13.4. The van der Waals surface area contributed by atoms with Crippen LogP contribution in [0, 0.1) is 5.82 Å². The zero-order valence-electron chi connectivity index (χ0n) is 25.8. The summed E-state index contributed by atoms with van der Waals surface area (Å²) in [6, 6.07) is 12.1. The van der Waals surface area contributed by atoms with Gasteiger partial charge in [-0.3, -0.25) is 4.79 Å². The van der Waals surface area contributed by atoms with Crippen LogP contribution in [0.15, 0.2) is 54.2 Å². The number of hydrogen-bond donors (Lipinski definition) is 2. The molecule has 1 aromatic heterocycles. The Balaban J connectivity index is 1.40. The van der Waals surface area contributed by atoms with Gasteiger partial charge in [0.2, 0.25) is 11.7 Å². The standard InChI is InChI=1S/C34H39FN4O5/c1-21-27(26-9-8-23(35)18-29(26)28(21)19-32(40)36-20-25-7-6-12-39(25)3)15-22-16-30(42-4)33(31(17-22)43-5)44-34(41)37-24-10-13-38(2)14-11-24/h6-9,12,15-18,24H,10-11,13-14,19-20H2,1-5H3,(H,36,40)(H,37,41)/b27-15-. The monoisotopic (exact) mass is 602 g/mol. The lowest BCUT2D eigenvalue weighted by molar-refractivity contribution is -0.120. The van der Waals surface area contributed by atoms with Crippen molar-refractivity contribution in [2.24, 2.45) is 7.05 Å². The number of halogens is 1. The highest BCUT2D eigenvalue weighted by Gasteiger charge is 2.27. The molecule has 2 aromatic carbocycles. The molecular formula is C34H39FN4O5. The number of piperidine rings is 1. The van der Waals surface area contributed by atoms with Crippen LogP contribution in [-0.2, 0) is 18.4 Å². The lowest BCUT2D eigenvalue weighted by atomic mass is 10.00. The smallest absolute Gasteiger partial charge is 0.413 e. The molecule has 44 heavy (non-hydrogen) atoms. The van der Waals surface area contributed by atoms with Crippen molar-refractivity contribution in [3.05, 3.63) is 82.4 Å². The number of methoxy groups -OCH3 is 2. The fourth-order valence-electron chi connectivity index (χ4n) is 5.77. The Morgan fingerprint density at radius 1 is 1.02 bits per heavy atom. The van der Waals surface area contributed by atoms with E-state index in [1.807, 2.05) is 42.9 Å². The van der Waals surface area contributed by atoms with Crippen LogP contribution < -0.4 is 24.8 Å². The largest absolute Gasteiger partial charge is 0.493 e. The van der Waals surface area contributed by atoms with Gasteiger partial charge >= 0.3 is 6.09 Å². The van der Waals surface area contributed by atoms with Gasteiger partial charge in [-0.25, -0.2) is 9.18 Å². The van der Waals surface area contributed by atoms with Crippen LogP contribution in [0.2, 0.25) is 0 Å². The van der Waals surface area contributed by atoms with Crippen molar-refractivity contribution in [2.75, 3.05) is 34.4 Å². The third kappa shape index (κ3) is 6.81. The van der Waals surface area contributed by atoms with Crippen molar-refractivity contribution in [1.29, 1.82) is 0 Å². The Kier molecular flexibility index (Phi) is 9.39. The molecule has 0 unspecified atom stereocenters. The van der Waals surface area contributed by atoms with E-state index in [2.05, 4.69) is 22.6 Å². The molecule has 0 atom stereocenters. The van der Waals surface area contributed by atoms with Gasteiger partial charge in [0.25, 0.3) is 0 Å². The van der Waals surface area contributed by atoms with E-state index in [1.54, 1.807) is 18.2 Å². The Morgan fingerprint density at radius 2 is 1.73 bits per heavy atom. The highest BCUT2D eigenvalue weighted by molar-refractivity contribution is 6.08. The maximum absolute atomic E-state index is 14.4. The van der Waals surface area contributed by atoms with Crippen LogP contribution in [-0.4, -0.2) is 61.9 Å². The van der Waals surface area contributed by atoms with Crippen LogP contribution in [0.3, 0.4) is 0 Å². The van der Waals surface area contributed by atoms with E-state index >= 15 is 0 Å². The zero-order valence-corrected chi connectivity index (χ0v) is 25.8. The lowest BCUT2D eigenvalue weighted by Gasteiger charge is -2.29. The average molecular weight is 603 g/mol. The molecule has 0 bridgehead atoms. The molecule has 1 aliphatic heterocycles. The number of amides is 2. The quantitative estimate of drug-likeness (QED) is 0.341. The van der Waals surface area contributed by atoms with Crippen molar-refractivity contribution in [1.82, 2.24) is 20.1 Å². The van der Waals surface area contributed by atoms with E-state index in [0.717, 1.165) is 59.5 Å². The summed E-state index contributed by atoms with van der Waals surface area (Å²) in [5.74, 6) is 0.311. The summed E-state index contributed by atoms with van der Waals surface area (Å²) in [5, 5.41) is 5.92. The van der Waals surface area contributed by atoms with Crippen molar-refractivity contribution in [3.63, 3.8) is 0 Å². The van der Waals surface area contributed by atoms with Gasteiger partial charge in [0.05, 0.1) is 27.2 Å². The molecule has 2 amide bonds. The van der Waals surface area contributed by atoms with E-state index in [0.29, 0.717) is 23.6 Å². The Morgan fingerprint density at radius 3 is 2.36 bits per heavy atom. The number of fused-ring (bicyclic) bond motifs is 1. The third-order valence-corrected chi connectivity index (χ3v) is 8.34. The molecule has 1 saturated heterocycles. The van der Waals surface area contributed by atoms with E-state index in [9.17, 15) is 14.0 Å². The zero-order chi connectivity index (χ0) is 31.4. The maximum Gasteiger partial charge on any atom is 0.413 e. The first-order chi connectivity index (χ1) is 21.2. The molecule has 3 aromatic rings. The predicted octanol–water partition coefficient (Wildman–Crippen LogP) is 5.40. The van der Waals surface area contributed by atoms with Gasteiger partial charge in [-0.05, 0) is 116 Å². The van der Waals surface area contributed by atoms with Crippen molar-refractivity contribution < 1.29 is 28.2 Å². The fraction of sp³-hybridized carbons (Fsp3) is 0.353. The summed E-state index contributed by atoms with van der Waals surface area (Å²) in [6.45, 7) is 4.15. The molecule has 10 heteroatoms. The number of aryl methyl sites for hydroxylation is 1. The SMILES string of the molecule is COc1cc(/C=C2/C(C)=C(CC(=O)NCc3cccn3C)c3cc(F)ccc32)cc(OC)c1OC(=O)NC1CCN(C)CC1. The summed E-state index contributed by atoms with van der Waals surface area (Å²) in [5.41, 5.74) is 5.70. The first-order valence-corrected chi connectivity index (χ1v) is 14.7. The number of nitrogens with one attached hydrogen (secondary N) is 2. The van der Waals surface area contributed by atoms with Gasteiger partial charge in [-0.1, -0.05) is 6.07 Å². The summed E-state index contributed by atoms with van der Waals surface area (Å²) in [4.78, 5) is 28.0. The Hall–Kier alpha value is -4.57. The van der Waals surface area contributed by atoms with Gasteiger partial charge in [-0.15, -0.1) is 0 Å². The molecule has 2 heterocycles. The van der Waals surface area contributed by atoms with E-state index in [-0.39, 0.29) is 29.9 Å². The molecule has 0 spiro atoms. The van der Waals surface area contributed by atoms with Gasteiger partial charge in [0.15, 0.2) is 11.5 Å². The number of ether oxygens (including phenoxy) is 3. The van der Waals surface area contributed by atoms with E-state index < -0.39 is 6.09 Å². The first kappa shape index (κ1) is 30.9. The highest BCUT2D eigenvalue weighted by Crippen LogP contribution is 2.45. The molecule has 1 fully saturated rings. The number of aromatic nitrogens is 1. The van der Waals surface area contributed by atoms with Crippen LogP contribution in [0.25, 0.3) is 17.2 Å². The topological polar surface area (TPSA) is 94.1 Å². The van der Waals surface area contributed by atoms with Crippen molar-refractivity contribution in [2.45, 2.75) is 38.8 Å². The number of carbonyl (C=O) groups excluding carboxylic acids is 2. The number of allylic oxidation sites excluding steroid dienone is 2. The lowest BCUT2D eigenvalue weighted by Crippen LogP contribution is -2.44. The minimum Gasteiger partial charge on any atom is -0.493 e. The number of carbonyl (C=O) groups is 2. The molecule has 2 N–H and O–H groups in total. The minimum atomic E-state index is -0.567. The molecule has 0 saturated carbocycles. The van der Waals surface area contributed by atoms with Crippen LogP contribution >= 0.6 is 0 Å². The molecule has 1 aliphatic carbocycles. The number of nitrogens with zero attached hydrogens (tertiary/aromatic N) is 2. The maximum atomic E-state index is 14.4. The highest BCUT2D eigenvalue weighted by atomic mass is 19.1. The van der Waals surface area contributed by atoms with Gasteiger partial charge in [-0.2, -0.15) is 0 Å². The number of likely N-dealkylation sites (tertiary alicyclic amines) is 1. The van der Waals surface area contributed by atoms with Gasteiger partial charge in [0.1, 0.15) is 5.82 Å². The molecule has 232 valence electrons.